The average Bonchev–Trinajstić information content (AvgIpc) is 2.66. The Morgan fingerprint density at radius 2 is 1.85 bits per heavy atom. The van der Waals surface area contributed by atoms with E-state index >= 15 is 0 Å². The zero-order chi connectivity index (χ0) is 18.4. The summed E-state index contributed by atoms with van der Waals surface area (Å²) in [6, 6.07) is 18.4. The van der Waals surface area contributed by atoms with E-state index in [1.54, 1.807) is 0 Å². The van der Waals surface area contributed by atoms with Gasteiger partial charge in [-0.25, -0.2) is 0 Å². The van der Waals surface area contributed by atoms with Gasteiger partial charge in [-0.15, -0.1) is 0 Å². The zero-order valence-electron chi connectivity index (χ0n) is 15.2. The Hall–Kier alpha value is -2.27. The van der Waals surface area contributed by atoms with Gasteiger partial charge in [-0.1, -0.05) is 42.5 Å². The number of hydrogen-bond acceptors (Lipinski definition) is 4. The summed E-state index contributed by atoms with van der Waals surface area (Å²) in [4.78, 5) is 4.14. The SMILES string of the molecule is C[C@H](CC(N)CC(O)c1ccccc1)NCc1ccc2cnccc2c1. The van der Waals surface area contributed by atoms with Crippen molar-refractivity contribution in [2.24, 2.45) is 5.73 Å². The minimum absolute atomic E-state index is 0.0459. The van der Waals surface area contributed by atoms with Crippen molar-refractivity contribution >= 4 is 10.8 Å². The summed E-state index contributed by atoms with van der Waals surface area (Å²) in [5.41, 5.74) is 8.42. The van der Waals surface area contributed by atoms with Gasteiger partial charge in [0.05, 0.1) is 6.10 Å². The molecule has 0 bridgehead atoms. The van der Waals surface area contributed by atoms with Gasteiger partial charge in [-0.2, -0.15) is 0 Å². The van der Waals surface area contributed by atoms with Crippen molar-refractivity contribution in [3.05, 3.63) is 78.1 Å². The van der Waals surface area contributed by atoms with Crippen molar-refractivity contribution in [2.45, 2.75) is 44.5 Å². The van der Waals surface area contributed by atoms with Crippen LogP contribution in [0.25, 0.3) is 10.8 Å². The van der Waals surface area contributed by atoms with Crippen molar-refractivity contribution in [2.75, 3.05) is 0 Å². The van der Waals surface area contributed by atoms with Crippen molar-refractivity contribution in [3.8, 4) is 0 Å². The molecule has 3 aromatic rings. The fraction of sp³-hybridized carbons (Fsp3) is 0.318. The van der Waals surface area contributed by atoms with E-state index in [4.69, 9.17) is 5.73 Å². The van der Waals surface area contributed by atoms with E-state index in [1.807, 2.05) is 48.8 Å². The summed E-state index contributed by atoms with van der Waals surface area (Å²) in [7, 11) is 0. The second kappa shape index (κ2) is 8.90. The molecule has 1 aromatic heterocycles. The molecular weight excluding hydrogens is 322 g/mol. The van der Waals surface area contributed by atoms with E-state index in [0.29, 0.717) is 6.42 Å². The minimum Gasteiger partial charge on any atom is -0.388 e. The van der Waals surface area contributed by atoms with Crippen LogP contribution < -0.4 is 11.1 Å². The highest BCUT2D eigenvalue weighted by atomic mass is 16.3. The number of rotatable bonds is 8. The predicted octanol–water partition coefficient (Wildman–Crippen LogP) is 3.55. The van der Waals surface area contributed by atoms with Crippen LogP contribution in [0.3, 0.4) is 0 Å². The van der Waals surface area contributed by atoms with Gasteiger partial charge in [0, 0.05) is 36.4 Å². The maximum atomic E-state index is 10.3. The van der Waals surface area contributed by atoms with Gasteiger partial charge in [-0.3, -0.25) is 4.98 Å². The van der Waals surface area contributed by atoms with Crippen molar-refractivity contribution < 1.29 is 5.11 Å². The molecular formula is C22H27N3O. The molecule has 0 spiro atoms. The van der Waals surface area contributed by atoms with E-state index in [2.05, 4.69) is 35.4 Å². The van der Waals surface area contributed by atoms with Crippen LogP contribution in [0.15, 0.2) is 67.0 Å². The molecule has 0 aliphatic rings. The third-order valence-corrected chi connectivity index (χ3v) is 4.73. The summed E-state index contributed by atoms with van der Waals surface area (Å²) in [6.07, 6.45) is 4.58. The molecule has 2 unspecified atom stereocenters. The maximum absolute atomic E-state index is 10.3. The lowest BCUT2D eigenvalue weighted by molar-refractivity contribution is 0.154. The summed E-state index contributed by atoms with van der Waals surface area (Å²) in [5, 5.41) is 16.2. The molecule has 4 heteroatoms. The highest BCUT2D eigenvalue weighted by Crippen LogP contribution is 2.19. The molecule has 0 radical (unpaired) electrons. The quantitative estimate of drug-likeness (QED) is 0.581. The van der Waals surface area contributed by atoms with Crippen LogP contribution in [0.2, 0.25) is 0 Å². The van der Waals surface area contributed by atoms with Crippen LogP contribution in [-0.2, 0) is 6.54 Å². The normalized spacial score (nSPS) is 14.9. The van der Waals surface area contributed by atoms with Crippen LogP contribution in [0.5, 0.6) is 0 Å². The Morgan fingerprint density at radius 3 is 2.65 bits per heavy atom. The second-order valence-electron chi connectivity index (χ2n) is 7.00. The molecule has 3 rings (SSSR count). The van der Waals surface area contributed by atoms with E-state index in [-0.39, 0.29) is 12.1 Å². The number of fused-ring (bicyclic) bond motifs is 1. The van der Waals surface area contributed by atoms with Crippen molar-refractivity contribution in [1.82, 2.24) is 10.3 Å². The first kappa shape index (κ1) is 18.5. The molecule has 4 nitrogen and oxygen atoms in total. The molecule has 0 saturated carbocycles. The minimum atomic E-state index is -0.507. The molecule has 26 heavy (non-hydrogen) atoms. The summed E-state index contributed by atoms with van der Waals surface area (Å²) < 4.78 is 0. The van der Waals surface area contributed by atoms with Gasteiger partial charge < -0.3 is 16.2 Å². The average molecular weight is 349 g/mol. The third-order valence-electron chi connectivity index (χ3n) is 4.73. The van der Waals surface area contributed by atoms with Crippen LogP contribution in [-0.4, -0.2) is 22.2 Å². The number of benzene rings is 2. The monoisotopic (exact) mass is 349 g/mol. The second-order valence-corrected chi connectivity index (χ2v) is 7.00. The summed E-state index contributed by atoms with van der Waals surface area (Å²) in [5.74, 6) is 0. The molecule has 1 heterocycles. The molecule has 0 amide bonds. The molecule has 2 aromatic carbocycles. The molecule has 0 aliphatic carbocycles. The highest BCUT2D eigenvalue weighted by Gasteiger charge is 2.15. The number of aromatic nitrogens is 1. The van der Waals surface area contributed by atoms with Crippen molar-refractivity contribution in [1.29, 1.82) is 0 Å². The van der Waals surface area contributed by atoms with E-state index in [0.717, 1.165) is 23.9 Å². The van der Waals surface area contributed by atoms with Gasteiger partial charge >= 0.3 is 0 Å². The Labute approximate surface area is 155 Å². The van der Waals surface area contributed by atoms with E-state index in [9.17, 15) is 5.11 Å². The van der Waals surface area contributed by atoms with Gasteiger partial charge in [0.1, 0.15) is 0 Å². The highest BCUT2D eigenvalue weighted by molar-refractivity contribution is 5.81. The number of nitrogens with two attached hydrogens (primary N) is 1. The number of aliphatic hydroxyl groups excluding tert-OH is 1. The zero-order valence-corrected chi connectivity index (χ0v) is 15.2. The third kappa shape index (κ3) is 5.11. The van der Waals surface area contributed by atoms with Crippen LogP contribution in [0, 0.1) is 0 Å². The smallest absolute Gasteiger partial charge is 0.0804 e. The Balaban J connectivity index is 1.47. The fourth-order valence-corrected chi connectivity index (χ4v) is 3.27. The van der Waals surface area contributed by atoms with Gasteiger partial charge in [0.25, 0.3) is 0 Å². The van der Waals surface area contributed by atoms with Gasteiger partial charge in [0.2, 0.25) is 0 Å². The Morgan fingerprint density at radius 1 is 1.04 bits per heavy atom. The number of nitrogens with zero attached hydrogens (tertiary/aromatic N) is 1. The Bertz CT molecular complexity index is 822. The Kier molecular flexibility index (Phi) is 6.34. The largest absolute Gasteiger partial charge is 0.388 e. The van der Waals surface area contributed by atoms with Crippen LogP contribution >= 0.6 is 0 Å². The molecule has 0 fully saturated rings. The first-order chi connectivity index (χ1) is 12.6. The number of pyridine rings is 1. The number of nitrogens with one attached hydrogen (secondary N) is 1. The molecule has 0 aliphatic heterocycles. The lowest BCUT2D eigenvalue weighted by Crippen LogP contribution is -2.34. The molecule has 0 saturated heterocycles. The molecule has 4 N–H and O–H groups in total. The summed E-state index contributed by atoms with van der Waals surface area (Å²) >= 11 is 0. The molecule has 136 valence electrons. The fourth-order valence-electron chi connectivity index (χ4n) is 3.27. The standard InChI is InChI=1S/C22H27N3O/c1-16(11-21(23)13-22(26)18-5-3-2-4-6-18)25-14-17-7-8-20-15-24-10-9-19(20)12-17/h2-10,12,15-16,21-22,25-26H,11,13-14,23H2,1H3/t16-,21?,22?/m1/s1. The van der Waals surface area contributed by atoms with Crippen molar-refractivity contribution in [3.63, 3.8) is 0 Å². The number of aliphatic hydroxyl groups is 1. The predicted molar refractivity (Wildman–Crippen MR) is 107 cm³/mol. The van der Waals surface area contributed by atoms with Gasteiger partial charge in [0.15, 0.2) is 0 Å². The first-order valence-corrected chi connectivity index (χ1v) is 9.16. The maximum Gasteiger partial charge on any atom is 0.0804 e. The first-order valence-electron chi connectivity index (χ1n) is 9.16. The number of hydrogen-bond donors (Lipinski definition) is 3. The van der Waals surface area contributed by atoms with Crippen LogP contribution in [0.1, 0.15) is 37.0 Å². The topological polar surface area (TPSA) is 71.2 Å². The summed E-state index contributed by atoms with van der Waals surface area (Å²) in [6.45, 7) is 2.94. The lowest BCUT2D eigenvalue weighted by Gasteiger charge is -2.21. The van der Waals surface area contributed by atoms with Gasteiger partial charge in [-0.05, 0) is 48.4 Å². The molecule has 3 atom stereocenters. The van der Waals surface area contributed by atoms with E-state index in [1.165, 1.54) is 10.9 Å². The van der Waals surface area contributed by atoms with E-state index < -0.39 is 6.10 Å². The lowest BCUT2D eigenvalue weighted by atomic mass is 9.98. The van der Waals surface area contributed by atoms with Crippen LogP contribution in [0.4, 0.5) is 0 Å².